The summed E-state index contributed by atoms with van der Waals surface area (Å²) in [5, 5.41) is 17.7. The predicted octanol–water partition coefficient (Wildman–Crippen LogP) is 2.04. The van der Waals surface area contributed by atoms with E-state index in [9.17, 15) is 14.9 Å². The number of nitro benzene ring substituents is 1. The molecule has 3 rings (SSSR count). The van der Waals surface area contributed by atoms with Crippen molar-refractivity contribution in [1.82, 2.24) is 10.1 Å². The molecule has 0 unspecified atom stereocenters. The molecule has 0 saturated carbocycles. The van der Waals surface area contributed by atoms with Gasteiger partial charge in [-0.3, -0.25) is 25.1 Å². The van der Waals surface area contributed by atoms with Gasteiger partial charge in [0.15, 0.2) is 0 Å². The third-order valence-electron chi connectivity index (χ3n) is 4.53. The zero-order valence-electron chi connectivity index (χ0n) is 14.7. The molecule has 9 heteroatoms. The fourth-order valence-corrected chi connectivity index (χ4v) is 3.05. The second-order valence-corrected chi connectivity index (χ2v) is 6.27. The normalized spacial score (nSPS) is 16.3. The van der Waals surface area contributed by atoms with Gasteiger partial charge in [-0.1, -0.05) is 17.3 Å². The molecule has 0 radical (unpaired) electrons. The molecule has 1 N–H and O–H groups in total. The highest BCUT2D eigenvalue weighted by Crippen LogP contribution is 2.28. The van der Waals surface area contributed by atoms with E-state index in [1.807, 2.05) is 16.7 Å². The maximum Gasteiger partial charge on any atom is 0.292 e. The predicted molar refractivity (Wildman–Crippen MR) is 96.2 cm³/mol. The molecule has 1 saturated heterocycles. The number of carbonyl (C=O) groups excluding carboxylic acids is 1. The number of amides is 1. The average Bonchev–Trinajstić information content (AvgIpc) is 3.06. The molecule has 138 valence electrons. The lowest BCUT2D eigenvalue weighted by molar-refractivity contribution is -0.384. The fourth-order valence-electron chi connectivity index (χ4n) is 3.05. The Kier molecular flexibility index (Phi) is 5.17. The first-order chi connectivity index (χ1) is 12.5. The number of nitro groups is 1. The van der Waals surface area contributed by atoms with E-state index in [1.54, 1.807) is 31.2 Å². The minimum atomic E-state index is -0.364. The van der Waals surface area contributed by atoms with Crippen LogP contribution in [0, 0.1) is 17.0 Å². The van der Waals surface area contributed by atoms with Gasteiger partial charge in [-0.2, -0.15) is 0 Å². The third-order valence-corrected chi connectivity index (χ3v) is 4.53. The number of rotatable bonds is 5. The Labute approximate surface area is 150 Å². The Hall–Kier alpha value is -2.94. The van der Waals surface area contributed by atoms with Gasteiger partial charge in [0, 0.05) is 38.3 Å². The number of anilines is 2. The monoisotopic (exact) mass is 359 g/mol. The molecule has 1 amide bonds. The van der Waals surface area contributed by atoms with Gasteiger partial charge in [-0.05, 0) is 19.9 Å². The van der Waals surface area contributed by atoms with E-state index in [0.717, 1.165) is 0 Å². The van der Waals surface area contributed by atoms with E-state index >= 15 is 0 Å². The average molecular weight is 359 g/mol. The van der Waals surface area contributed by atoms with Crippen LogP contribution in [0.2, 0.25) is 0 Å². The maximum absolute atomic E-state index is 12.4. The SMILES string of the molecule is Cc1cc(NC(=O)[C@H](C)N2CCN(c3ccccc3[N+](=O)[O-])CC2)on1. The van der Waals surface area contributed by atoms with Crippen molar-refractivity contribution in [2.75, 3.05) is 36.4 Å². The number of hydrogen-bond donors (Lipinski definition) is 1. The number of aryl methyl sites for hydroxylation is 1. The van der Waals surface area contributed by atoms with Crippen LogP contribution in [0.3, 0.4) is 0 Å². The van der Waals surface area contributed by atoms with Crippen LogP contribution in [-0.4, -0.2) is 53.1 Å². The van der Waals surface area contributed by atoms with E-state index in [1.165, 1.54) is 6.07 Å². The first-order valence-electron chi connectivity index (χ1n) is 8.42. The third kappa shape index (κ3) is 3.83. The second-order valence-electron chi connectivity index (χ2n) is 6.27. The van der Waals surface area contributed by atoms with Gasteiger partial charge in [-0.15, -0.1) is 0 Å². The lowest BCUT2D eigenvalue weighted by Gasteiger charge is -2.38. The van der Waals surface area contributed by atoms with Crippen molar-refractivity contribution in [3.8, 4) is 0 Å². The molecule has 0 spiro atoms. The topological polar surface area (TPSA) is 105 Å². The molecule has 0 aliphatic carbocycles. The molecule has 9 nitrogen and oxygen atoms in total. The zero-order chi connectivity index (χ0) is 18.7. The van der Waals surface area contributed by atoms with Crippen molar-refractivity contribution in [3.63, 3.8) is 0 Å². The van der Waals surface area contributed by atoms with Crippen LogP contribution in [0.15, 0.2) is 34.9 Å². The minimum absolute atomic E-state index is 0.104. The van der Waals surface area contributed by atoms with Crippen LogP contribution in [0.5, 0.6) is 0 Å². The molecular weight excluding hydrogens is 338 g/mol. The van der Waals surface area contributed by atoms with Gasteiger partial charge in [0.25, 0.3) is 5.69 Å². The molecule has 1 aromatic heterocycles. The summed E-state index contributed by atoms with van der Waals surface area (Å²) in [6, 6.07) is 8.05. The molecule has 2 heterocycles. The Balaban J connectivity index is 1.59. The quantitative estimate of drug-likeness (QED) is 0.643. The summed E-state index contributed by atoms with van der Waals surface area (Å²) >= 11 is 0. The second kappa shape index (κ2) is 7.52. The van der Waals surface area contributed by atoms with E-state index in [0.29, 0.717) is 43.4 Å². The number of aromatic nitrogens is 1. The molecular formula is C17H21N5O4. The summed E-state index contributed by atoms with van der Waals surface area (Å²) in [6.07, 6.45) is 0. The zero-order valence-corrected chi connectivity index (χ0v) is 14.7. The van der Waals surface area contributed by atoms with Crippen molar-refractivity contribution in [2.45, 2.75) is 19.9 Å². The van der Waals surface area contributed by atoms with Crippen molar-refractivity contribution < 1.29 is 14.2 Å². The highest BCUT2D eigenvalue weighted by Gasteiger charge is 2.28. The highest BCUT2D eigenvalue weighted by molar-refractivity contribution is 5.93. The van der Waals surface area contributed by atoms with Crippen LogP contribution in [-0.2, 0) is 4.79 Å². The van der Waals surface area contributed by atoms with E-state index in [4.69, 9.17) is 4.52 Å². The lowest BCUT2D eigenvalue weighted by Crippen LogP contribution is -2.52. The number of hydrogen-bond acceptors (Lipinski definition) is 7. The molecule has 1 aliphatic rings. The summed E-state index contributed by atoms with van der Waals surface area (Å²) in [5.74, 6) is 0.165. The summed E-state index contributed by atoms with van der Waals surface area (Å²) in [5.41, 5.74) is 1.42. The van der Waals surface area contributed by atoms with Gasteiger partial charge >= 0.3 is 0 Å². The van der Waals surface area contributed by atoms with Crippen LogP contribution < -0.4 is 10.2 Å². The fraction of sp³-hybridized carbons (Fsp3) is 0.412. The van der Waals surface area contributed by atoms with Crippen LogP contribution >= 0.6 is 0 Å². The van der Waals surface area contributed by atoms with Gasteiger partial charge in [0.1, 0.15) is 5.69 Å². The molecule has 0 bridgehead atoms. The number of piperazine rings is 1. The Morgan fingerprint density at radius 1 is 1.31 bits per heavy atom. The molecule has 1 aromatic carbocycles. The molecule has 1 aliphatic heterocycles. The summed E-state index contributed by atoms with van der Waals surface area (Å²) in [6.45, 7) is 6.11. The molecule has 26 heavy (non-hydrogen) atoms. The van der Waals surface area contributed by atoms with Gasteiger partial charge < -0.3 is 9.42 Å². The van der Waals surface area contributed by atoms with Crippen molar-refractivity contribution in [1.29, 1.82) is 0 Å². The van der Waals surface area contributed by atoms with E-state index in [2.05, 4.69) is 10.5 Å². The van der Waals surface area contributed by atoms with Crippen LogP contribution in [0.1, 0.15) is 12.6 Å². The van der Waals surface area contributed by atoms with Crippen LogP contribution in [0.25, 0.3) is 0 Å². The van der Waals surface area contributed by atoms with Gasteiger partial charge in [0.05, 0.1) is 16.7 Å². The van der Waals surface area contributed by atoms with Crippen molar-refractivity contribution in [2.24, 2.45) is 0 Å². The molecule has 1 atom stereocenters. The Bertz CT molecular complexity index is 798. The van der Waals surface area contributed by atoms with Gasteiger partial charge in [0.2, 0.25) is 11.8 Å². The highest BCUT2D eigenvalue weighted by atomic mass is 16.6. The maximum atomic E-state index is 12.4. The van der Waals surface area contributed by atoms with Gasteiger partial charge in [-0.25, -0.2) is 0 Å². The number of para-hydroxylation sites is 2. The van der Waals surface area contributed by atoms with E-state index in [-0.39, 0.29) is 22.6 Å². The minimum Gasteiger partial charge on any atom is -0.363 e. The largest absolute Gasteiger partial charge is 0.363 e. The number of nitrogens with zero attached hydrogens (tertiary/aromatic N) is 4. The van der Waals surface area contributed by atoms with Crippen molar-refractivity contribution >= 4 is 23.2 Å². The summed E-state index contributed by atoms with van der Waals surface area (Å²) < 4.78 is 5.01. The molecule has 1 fully saturated rings. The first-order valence-corrected chi connectivity index (χ1v) is 8.42. The smallest absolute Gasteiger partial charge is 0.292 e. The van der Waals surface area contributed by atoms with E-state index < -0.39 is 0 Å². The Morgan fingerprint density at radius 2 is 2.00 bits per heavy atom. The van der Waals surface area contributed by atoms with Crippen molar-refractivity contribution in [3.05, 3.63) is 46.1 Å². The summed E-state index contributed by atoms with van der Waals surface area (Å²) in [7, 11) is 0. The Morgan fingerprint density at radius 3 is 2.62 bits per heavy atom. The number of carbonyl (C=O) groups is 1. The van der Waals surface area contributed by atoms with Crippen LogP contribution in [0.4, 0.5) is 17.3 Å². The number of nitrogens with one attached hydrogen (secondary N) is 1. The summed E-state index contributed by atoms with van der Waals surface area (Å²) in [4.78, 5) is 27.2. The number of benzene rings is 1. The standard InChI is InChI=1S/C17H21N5O4/c1-12-11-16(26-19-12)18-17(23)13(2)20-7-9-21(10-8-20)14-5-3-4-6-15(14)22(24)25/h3-6,11,13H,7-10H2,1-2H3,(H,18,23)/t13-/m0/s1. The molecule has 2 aromatic rings. The lowest BCUT2D eigenvalue weighted by atomic mass is 10.2. The first kappa shape index (κ1) is 17.9.